The molecule has 0 saturated carbocycles. The first-order valence-electron chi connectivity index (χ1n) is 8.56. The summed E-state index contributed by atoms with van der Waals surface area (Å²) in [6, 6.07) is 6.99. The number of likely N-dealkylation sites (tertiary alicyclic amines) is 1. The first-order valence-corrected chi connectivity index (χ1v) is 8.56. The summed E-state index contributed by atoms with van der Waals surface area (Å²) in [6.45, 7) is 3.86. The van der Waals surface area contributed by atoms with Gasteiger partial charge < -0.3 is 15.0 Å². The van der Waals surface area contributed by atoms with E-state index in [1.807, 2.05) is 17.0 Å². The van der Waals surface area contributed by atoms with E-state index in [2.05, 4.69) is 5.32 Å². The predicted octanol–water partition coefficient (Wildman–Crippen LogP) is 2.41. The third kappa shape index (κ3) is 5.16. The second-order valence-electron chi connectivity index (χ2n) is 6.52. The molecule has 6 heteroatoms. The Bertz CT molecular complexity index is 530. The normalized spacial score (nSPS) is 22.0. The molecule has 2 aliphatic heterocycles. The van der Waals surface area contributed by atoms with Crippen LogP contribution in [-0.2, 0) is 16.0 Å². The minimum atomic E-state index is -0.118. The number of ether oxygens (including phenoxy) is 1. The Hall–Kier alpha value is -1.17. The maximum absolute atomic E-state index is 13.7. The number of halogens is 2. The maximum Gasteiger partial charge on any atom is 0.225 e. The van der Waals surface area contributed by atoms with Crippen LogP contribution in [0.1, 0.15) is 24.8 Å². The van der Waals surface area contributed by atoms with Crippen molar-refractivity contribution in [2.45, 2.75) is 31.8 Å². The van der Waals surface area contributed by atoms with Crippen LogP contribution < -0.4 is 5.32 Å². The maximum atomic E-state index is 13.7. The van der Waals surface area contributed by atoms with Crippen LogP contribution in [0.3, 0.4) is 0 Å². The van der Waals surface area contributed by atoms with Crippen LogP contribution >= 0.6 is 12.4 Å². The first-order chi connectivity index (χ1) is 11.2. The van der Waals surface area contributed by atoms with E-state index in [9.17, 15) is 9.18 Å². The number of rotatable bonds is 4. The predicted molar refractivity (Wildman–Crippen MR) is 93.9 cm³/mol. The highest BCUT2D eigenvalue weighted by atomic mass is 35.5. The number of nitrogens with zero attached hydrogens (tertiary/aromatic N) is 1. The Balaban J connectivity index is 0.00000208. The third-order valence-corrected chi connectivity index (χ3v) is 4.84. The highest BCUT2D eigenvalue weighted by molar-refractivity contribution is 5.85. The zero-order chi connectivity index (χ0) is 16.1. The molecule has 2 saturated heterocycles. The van der Waals surface area contributed by atoms with Crippen LogP contribution in [0.15, 0.2) is 24.3 Å². The van der Waals surface area contributed by atoms with Gasteiger partial charge in [-0.1, -0.05) is 18.2 Å². The molecule has 0 aromatic heterocycles. The molecule has 0 radical (unpaired) electrons. The van der Waals surface area contributed by atoms with Gasteiger partial charge >= 0.3 is 0 Å². The Kier molecular flexibility index (Phi) is 7.46. The Morgan fingerprint density at radius 3 is 2.71 bits per heavy atom. The Labute approximate surface area is 149 Å². The van der Waals surface area contributed by atoms with Gasteiger partial charge in [0.15, 0.2) is 0 Å². The largest absolute Gasteiger partial charge is 0.375 e. The second kappa shape index (κ2) is 9.35. The summed E-state index contributed by atoms with van der Waals surface area (Å²) in [5.41, 5.74) is 0.791. The van der Waals surface area contributed by atoms with Gasteiger partial charge in [0.2, 0.25) is 5.91 Å². The number of benzene rings is 1. The number of carbonyl (C=O) groups excluding carboxylic acids is 1. The molecular weight excluding hydrogens is 331 g/mol. The highest BCUT2D eigenvalue weighted by Crippen LogP contribution is 2.23. The second-order valence-corrected chi connectivity index (χ2v) is 6.52. The number of carbonyl (C=O) groups is 1. The van der Waals surface area contributed by atoms with Gasteiger partial charge in [-0.15, -0.1) is 12.4 Å². The van der Waals surface area contributed by atoms with Crippen molar-refractivity contribution >= 4 is 18.3 Å². The molecule has 1 N–H and O–H groups in total. The van der Waals surface area contributed by atoms with Crippen molar-refractivity contribution in [3.63, 3.8) is 0 Å². The van der Waals surface area contributed by atoms with E-state index >= 15 is 0 Å². The summed E-state index contributed by atoms with van der Waals surface area (Å²) in [6.07, 6.45) is 3.13. The number of hydrogen-bond donors (Lipinski definition) is 1. The van der Waals surface area contributed by atoms with E-state index in [0.29, 0.717) is 18.9 Å². The number of hydrogen-bond acceptors (Lipinski definition) is 3. The average Bonchev–Trinajstić information content (AvgIpc) is 2.58. The van der Waals surface area contributed by atoms with Gasteiger partial charge in [-0.05, 0) is 36.8 Å². The minimum absolute atomic E-state index is 0. The molecule has 4 nitrogen and oxygen atoms in total. The number of piperidine rings is 1. The van der Waals surface area contributed by atoms with Crippen molar-refractivity contribution < 1.29 is 13.9 Å². The van der Waals surface area contributed by atoms with Gasteiger partial charge in [0.1, 0.15) is 5.82 Å². The molecule has 0 spiro atoms. The highest BCUT2D eigenvalue weighted by Gasteiger charge is 2.26. The molecule has 1 aromatic rings. The monoisotopic (exact) mass is 356 g/mol. The number of nitrogens with one attached hydrogen (secondary N) is 1. The van der Waals surface area contributed by atoms with Crippen LogP contribution in [0.4, 0.5) is 4.39 Å². The summed E-state index contributed by atoms with van der Waals surface area (Å²) < 4.78 is 19.3. The van der Waals surface area contributed by atoms with Crippen LogP contribution in [0.25, 0.3) is 0 Å². The smallest absolute Gasteiger partial charge is 0.225 e. The van der Waals surface area contributed by atoms with Crippen molar-refractivity contribution in [1.82, 2.24) is 10.2 Å². The zero-order valence-electron chi connectivity index (χ0n) is 13.9. The lowest BCUT2D eigenvalue weighted by Gasteiger charge is -2.33. The zero-order valence-corrected chi connectivity index (χ0v) is 14.7. The topological polar surface area (TPSA) is 41.6 Å². The molecule has 2 aliphatic rings. The van der Waals surface area contributed by atoms with Crippen LogP contribution in [0.2, 0.25) is 0 Å². The number of morpholine rings is 1. The van der Waals surface area contributed by atoms with E-state index in [1.54, 1.807) is 6.07 Å². The molecule has 0 bridgehead atoms. The number of amides is 1. The standard InChI is InChI=1S/C18H25FN2O2.ClH/c19-17-4-2-1-3-15(17)11-14-5-8-21(9-6-14)18(22)12-16-13-20-7-10-23-16;/h1-4,14,16,20H,5-13H2;1H. The van der Waals surface area contributed by atoms with E-state index in [4.69, 9.17) is 4.74 Å². The van der Waals surface area contributed by atoms with Crippen LogP contribution in [0, 0.1) is 11.7 Å². The van der Waals surface area contributed by atoms with Gasteiger partial charge in [0.25, 0.3) is 0 Å². The minimum Gasteiger partial charge on any atom is -0.375 e. The lowest BCUT2D eigenvalue weighted by atomic mass is 9.90. The van der Waals surface area contributed by atoms with E-state index < -0.39 is 0 Å². The summed E-state index contributed by atoms with van der Waals surface area (Å²) in [5.74, 6) is 0.527. The molecule has 2 heterocycles. The van der Waals surface area contributed by atoms with Gasteiger partial charge in [-0.25, -0.2) is 4.39 Å². The lowest BCUT2D eigenvalue weighted by molar-refractivity contribution is -0.136. The summed E-state index contributed by atoms with van der Waals surface area (Å²) >= 11 is 0. The van der Waals surface area contributed by atoms with Crippen molar-refractivity contribution in [3.8, 4) is 0 Å². The fourth-order valence-corrected chi connectivity index (χ4v) is 3.44. The summed E-state index contributed by atoms with van der Waals surface area (Å²) in [7, 11) is 0. The molecule has 1 atom stereocenters. The molecule has 0 aliphatic carbocycles. The van der Waals surface area contributed by atoms with Crippen LogP contribution in [0.5, 0.6) is 0 Å². The average molecular weight is 357 g/mol. The molecule has 1 amide bonds. The van der Waals surface area contributed by atoms with E-state index in [0.717, 1.165) is 51.0 Å². The SMILES string of the molecule is Cl.O=C(CC1CNCCO1)N1CCC(Cc2ccccc2F)CC1. The van der Waals surface area contributed by atoms with E-state index in [1.165, 1.54) is 6.07 Å². The summed E-state index contributed by atoms with van der Waals surface area (Å²) in [5, 5.41) is 3.25. The first kappa shape index (κ1) is 19.2. The van der Waals surface area contributed by atoms with Crippen molar-refractivity contribution in [1.29, 1.82) is 0 Å². The molecule has 134 valence electrons. The Morgan fingerprint density at radius 2 is 2.04 bits per heavy atom. The third-order valence-electron chi connectivity index (χ3n) is 4.84. The fourth-order valence-electron chi connectivity index (χ4n) is 3.44. The molecule has 1 aromatic carbocycles. The van der Waals surface area contributed by atoms with Gasteiger partial charge in [0, 0.05) is 26.2 Å². The Morgan fingerprint density at radius 1 is 1.29 bits per heavy atom. The van der Waals surface area contributed by atoms with Crippen molar-refractivity contribution in [3.05, 3.63) is 35.6 Å². The van der Waals surface area contributed by atoms with Gasteiger partial charge in [0.05, 0.1) is 19.1 Å². The summed E-state index contributed by atoms with van der Waals surface area (Å²) in [4.78, 5) is 14.3. The molecule has 3 rings (SSSR count). The quantitative estimate of drug-likeness (QED) is 0.900. The van der Waals surface area contributed by atoms with Crippen LogP contribution in [-0.4, -0.2) is 49.7 Å². The van der Waals surface area contributed by atoms with Crippen molar-refractivity contribution in [2.75, 3.05) is 32.8 Å². The van der Waals surface area contributed by atoms with Crippen molar-refractivity contribution in [2.24, 2.45) is 5.92 Å². The van der Waals surface area contributed by atoms with Gasteiger partial charge in [-0.3, -0.25) is 4.79 Å². The molecule has 1 unspecified atom stereocenters. The molecule has 2 fully saturated rings. The van der Waals surface area contributed by atoms with Gasteiger partial charge in [-0.2, -0.15) is 0 Å². The lowest BCUT2D eigenvalue weighted by Crippen LogP contribution is -2.44. The molecular formula is C18H26ClFN2O2. The molecule has 24 heavy (non-hydrogen) atoms. The fraction of sp³-hybridized carbons (Fsp3) is 0.611. The van der Waals surface area contributed by atoms with E-state index in [-0.39, 0.29) is 30.2 Å².